The van der Waals surface area contributed by atoms with Gasteiger partial charge in [-0.15, -0.1) is 0 Å². The quantitative estimate of drug-likeness (QED) is 0.814. The van der Waals surface area contributed by atoms with Crippen molar-refractivity contribution >= 4 is 0 Å². The van der Waals surface area contributed by atoms with E-state index in [1.807, 2.05) is 0 Å². The van der Waals surface area contributed by atoms with E-state index in [0.29, 0.717) is 18.2 Å². The number of hydrogen-bond donors (Lipinski definition) is 1. The Kier molecular flexibility index (Phi) is 3.69. The predicted octanol–water partition coefficient (Wildman–Crippen LogP) is 1.76. The summed E-state index contributed by atoms with van der Waals surface area (Å²) in [5, 5.41) is 0. The van der Waals surface area contributed by atoms with Gasteiger partial charge in [-0.3, -0.25) is 4.90 Å². The molecule has 17 heavy (non-hydrogen) atoms. The Morgan fingerprint density at radius 2 is 1.94 bits per heavy atom. The molecule has 0 amide bonds. The highest BCUT2D eigenvalue weighted by Crippen LogP contribution is 2.36. The van der Waals surface area contributed by atoms with Gasteiger partial charge in [0.05, 0.1) is 12.7 Å². The van der Waals surface area contributed by atoms with E-state index < -0.39 is 0 Å². The zero-order valence-electron chi connectivity index (χ0n) is 10.8. The van der Waals surface area contributed by atoms with E-state index in [0.717, 1.165) is 25.6 Å². The maximum atomic E-state index is 6.08. The first-order chi connectivity index (χ1) is 8.40. The summed E-state index contributed by atoms with van der Waals surface area (Å²) in [6.07, 6.45) is 10.1. The zero-order valence-corrected chi connectivity index (χ0v) is 10.8. The third-order valence-corrected chi connectivity index (χ3v) is 5.14. The molecule has 2 saturated carbocycles. The van der Waals surface area contributed by atoms with Crippen molar-refractivity contribution in [3.05, 3.63) is 0 Å². The predicted molar refractivity (Wildman–Crippen MR) is 68.9 cm³/mol. The van der Waals surface area contributed by atoms with E-state index in [2.05, 4.69) is 4.90 Å². The number of nitrogens with two attached hydrogens (primary N) is 1. The average Bonchev–Trinajstić information content (AvgIpc) is 3.00. The number of rotatable bonds is 3. The van der Waals surface area contributed by atoms with Crippen LogP contribution in [0.1, 0.15) is 44.9 Å². The first kappa shape index (κ1) is 11.9. The van der Waals surface area contributed by atoms with Crippen molar-refractivity contribution in [2.24, 2.45) is 11.7 Å². The number of ether oxygens (including phenoxy) is 1. The number of nitrogens with zero attached hydrogens (tertiary/aromatic N) is 1. The maximum Gasteiger partial charge on any atom is 0.0731 e. The molecule has 0 spiro atoms. The van der Waals surface area contributed by atoms with Crippen molar-refractivity contribution in [1.82, 2.24) is 4.90 Å². The molecule has 0 aromatic carbocycles. The Balaban J connectivity index is 1.71. The Bertz CT molecular complexity index is 253. The highest BCUT2D eigenvalue weighted by Gasteiger charge is 2.41. The number of morpholine rings is 1. The van der Waals surface area contributed by atoms with Crippen LogP contribution < -0.4 is 5.73 Å². The second-order valence-electron chi connectivity index (χ2n) is 5.99. The van der Waals surface area contributed by atoms with Crippen molar-refractivity contribution in [2.45, 2.75) is 63.1 Å². The molecular formula is C14H26N2O. The third kappa shape index (κ3) is 2.25. The molecule has 3 fully saturated rings. The van der Waals surface area contributed by atoms with Crippen LogP contribution >= 0.6 is 0 Å². The normalized spacial score (nSPS) is 37.2. The fourth-order valence-electron chi connectivity index (χ4n) is 4.31. The molecule has 0 radical (unpaired) electrons. The minimum atomic E-state index is 0.513. The first-order valence-corrected chi connectivity index (χ1v) is 7.47. The van der Waals surface area contributed by atoms with Crippen LogP contribution in [0.4, 0.5) is 0 Å². The van der Waals surface area contributed by atoms with E-state index in [1.165, 1.54) is 44.9 Å². The van der Waals surface area contributed by atoms with Gasteiger partial charge in [-0.1, -0.05) is 12.8 Å². The fourth-order valence-corrected chi connectivity index (χ4v) is 4.31. The first-order valence-electron chi connectivity index (χ1n) is 7.47. The molecule has 3 nitrogen and oxygen atoms in total. The van der Waals surface area contributed by atoms with Crippen LogP contribution in [0, 0.1) is 5.92 Å². The lowest BCUT2D eigenvalue weighted by atomic mass is 9.94. The van der Waals surface area contributed by atoms with Gasteiger partial charge in [0.25, 0.3) is 0 Å². The molecule has 0 bridgehead atoms. The van der Waals surface area contributed by atoms with Gasteiger partial charge < -0.3 is 10.5 Å². The van der Waals surface area contributed by atoms with Crippen molar-refractivity contribution < 1.29 is 4.74 Å². The summed E-state index contributed by atoms with van der Waals surface area (Å²) in [6, 6.07) is 1.31. The second kappa shape index (κ2) is 5.25. The van der Waals surface area contributed by atoms with Gasteiger partial charge in [-0.05, 0) is 38.0 Å². The molecule has 3 aliphatic rings. The Morgan fingerprint density at radius 3 is 2.71 bits per heavy atom. The Morgan fingerprint density at radius 1 is 1.12 bits per heavy atom. The largest absolute Gasteiger partial charge is 0.375 e. The molecule has 98 valence electrons. The van der Waals surface area contributed by atoms with Crippen LogP contribution in [0.3, 0.4) is 0 Å². The monoisotopic (exact) mass is 238 g/mol. The summed E-state index contributed by atoms with van der Waals surface area (Å²) >= 11 is 0. The van der Waals surface area contributed by atoms with Gasteiger partial charge in [0.15, 0.2) is 0 Å². The van der Waals surface area contributed by atoms with Crippen molar-refractivity contribution in [3.63, 3.8) is 0 Å². The fraction of sp³-hybridized carbons (Fsp3) is 1.00. The Hall–Kier alpha value is -0.120. The Labute approximate surface area is 105 Å². The van der Waals surface area contributed by atoms with E-state index in [9.17, 15) is 0 Å². The van der Waals surface area contributed by atoms with Crippen LogP contribution in [0.5, 0.6) is 0 Å². The van der Waals surface area contributed by atoms with Gasteiger partial charge >= 0.3 is 0 Å². The molecular weight excluding hydrogens is 212 g/mol. The van der Waals surface area contributed by atoms with E-state index >= 15 is 0 Å². The molecule has 1 saturated heterocycles. The molecule has 1 heterocycles. The maximum absolute atomic E-state index is 6.08. The average molecular weight is 238 g/mol. The van der Waals surface area contributed by atoms with Crippen LogP contribution in [-0.2, 0) is 4.74 Å². The van der Waals surface area contributed by atoms with Crippen LogP contribution in [-0.4, -0.2) is 42.8 Å². The molecule has 2 aliphatic carbocycles. The van der Waals surface area contributed by atoms with Crippen molar-refractivity contribution in [1.29, 1.82) is 0 Å². The molecule has 0 aromatic rings. The molecule has 3 atom stereocenters. The molecule has 2 N–H and O–H groups in total. The minimum Gasteiger partial charge on any atom is -0.375 e. The molecule has 1 aliphatic heterocycles. The number of fused-ring (bicyclic) bond motifs is 1. The summed E-state index contributed by atoms with van der Waals surface area (Å²) in [4.78, 5) is 2.72. The summed E-state index contributed by atoms with van der Waals surface area (Å²) in [7, 11) is 0. The summed E-state index contributed by atoms with van der Waals surface area (Å²) in [5.41, 5.74) is 6.08. The summed E-state index contributed by atoms with van der Waals surface area (Å²) < 4.78 is 5.91. The highest BCUT2D eigenvalue weighted by molar-refractivity contribution is 4.95. The van der Waals surface area contributed by atoms with E-state index in [-0.39, 0.29) is 0 Å². The minimum absolute atomic E-state index is 0.513. The van der Waals surface area contributed by atoms with Crippen LogP contribution in [0.2, 0.25) is 0 Å². The second-order valence-corrected chi connectivity index (χ2v) is 5.99. The van der Waals surface area contributed by atoms with Crippen LogP contribution in [0.15, 0.2) is 0 Å². The third-order valence-electron chi connectivity index (χ3n) is 5.14. The molecule has 3 rings (SSSR count). The van der Waals surface area contributed by atoms with E-state index in [1.54, 1.807) is 0 Å². The van der Waals surface area contributed by atoms with Crippen molar-refractivity contribution in [3.8, 4) is 0 Å². The van der Waals surface area contributed by atoms with Crippen LogP contribution in [0.25, 0.3) is 0 Å². The SMILES string of the molecule is NCC(C1CCCC1)N1CCOC2CCCC21. The molecule has 3 heteroatoms. The van der Waals surface area contributed by atoms with Gasteiger partial charge in [0.2, 0.25) is 0 Å². The lowest BCUT2D eigenvalue weighted by molar-refractivity contribution is -0.0785. The highest BCUT2D eigenvalue weighted by atomic mass is 16.5. The van der Waals surface area contributed by atoms with Gasteiger partial charge in [-0.2, -0.15) is 0 Å². The number of hydrogen-bond acceptors (Lipinski definition) is 3. The zero-order chi connectivity index (χ0) is 11.7. The lowest BCUT2D eigenvalue weighted by Gasteiger charge is -2.44. The molecule has 3 unspecified atom stereocenters. The topological polar surface area (TPSA) is 38.5 Å². The smallest absolute Gasteiger partial charge is 0.0731 e. The van der Waals surface area contributed by atoms with Gasteiger partial charge in [0.1, 0.15) is 0 Å². The lowest BCUT2D eigenvalue weighted by Crippen LogP contribution is -2.57. The van der Waals surface area contributed by atoms with E-state index in [4.69, 9.17) is 10.5 Å². The summed E-state index contributed by atoms with van der Waals surface area (Å²) in [6.45, 7) is 2.87. The van der Waals surface area contributed by atoms with Crippen molar-refractivity contribution in [2.75, 3.05) is 19.7 Å². The summed E-state index contributed by atoms with van der Waals surface area (Å²) in [5.74, 6) is 0.861. The van der Waals surface area contributed by atoms with Gasteiger partial charge in [0, 0.05) is 25.2 Å². The van der Waals surface area contributed by atoms with Gasteiger partial charge in [-0.25, -0.2) is 0 Å². The molecule has 0 aromatic heterocycles. The standard InChI is InChI=1S/C14H26N2O/c15-10-13(11-4-1-2-5-11)16-8-9-17-14-7-3-6-12(14)16/h11-14H,1-10,15H2.